The molecule has 4 nitrogen and oxygen atoms in total. The van der Waals surface area contributed by atoms with Crippen LogP contribution in [0.1, 0.15) is 16.2 Å². The number of nitrogens with one attached hydrogen (secondary N) is 1. The summed E-state index contributed by atoms with van der Waals surface area (Å²) in [6, 6.07) is 9.87. The standard InChI is InChI=1S/C15H15N3OS/c1-11-17-13-4-2-3-5-14(13)18(11)8-7-16-15(19)12-6-9-20-10-12/h2-6,9-10H,7-8H2,1H3,(H,16,19). The van der Waals surface area contributed by atoms with Crippen LogP contribution in [0.15, 0.2) is 41.1 Å². The van der Waals surface area contributed by atoms with E-state index in [0.29, 0.717) is 6.54 Å². The molecule has 20 heavy (non-hydrogen) atoms. The minimum atomic E-state index is -0.0201. The van der Waals surface area contributed by atoms with E-state index in [4.69, 9.17) is 0 Å². The van der Waals surface area contributed by atoms with E-state index in [1.165, 1.54) is 11.3 Å². The van der Waals surface area contributed by atoms with Gasteiger partial charge < -0.3 is 9.88 Å². The van der Waals surface area contributed by atoms with Crippen LogP contribution in [-0.4, -0.2) is 22.0 Å². The molecule has 0 aliphatic rings. The van der Waals surface area contributed by atoms with Crippen LogP contribution in [0.25, 0.3) is 11.0 Å². The van der Waals surface area contributed by atoms with Gasteiger partial charge in [-0.25, -0.2) is 4.98 Å². The van der Waals surface area contributed by atoms with Crippen LogP contribution in [0.3, 0.4) is 0 Å². The molecule has 0 aliphatic carbocycles. The summed E-state index contributed by atoms with van der Waals surface area (Å²) in [6.07, 6.45) is 0. The molecule has 5 heteroatoms. The predicted octanol–water partition coefficient (Wildman–Crippen LogP) is 2.84. The lowest BCUT2D eigenvalue weighted by Crippen LogP contribution is -2.27. The number of benzene rings is 1. The van der Waals surface area contributed by atoms with Crippen molar-refractivity contribution in [2.24, 2.45) is 0 Å². The molecule has 0 atom stereocenters. The Balaban J connectivity index is 1.68. The smallest absolute Gasteiger partial charge is 0.252 e. The molecular weight excluding hydrogens is 270 g/mol. The zero-order chi connectivity index (χ0) is 13.9. The van der Waals surface area contributed by atoms with Crippen LogP contribution in [0.2, 0.25) is 0 Å². The highest BCUT2D eigenvalue weighted by molar-refractivity contribution is 7.08. The Kier molecular flexibility index (Phi) is 3.52. The molecule has 0 spiro atoms. The normalized spacial score (nSPS) is 10.8. The molecule has 0 aliphatic heterocycles. The van der Waals surface area contributed by atoms with Gasteiger partial charge in [-0.2, -0.15) is 11.3 Å². The highest BCUT2D eigenvalue weighted by Crippen LogP contribution is 2.14. The van der Waals surface area contributed by atoms with Crippen LogP contribution in [0, 0.1) is 6.92 Å². The summed E-state index contributed by atoms with van der Waals surface area (Å²) in [5, 5.41) is 6.69. The molecule has 0 radical (unpaired) electrons. The lowest BCUT2D eigenvalue weighted by atomic mass is 10.3. The summed E-state index contributed by atoms with van der Waals surface area (Å²) in [7, 11) is 0. The van der Waals surface area contributed by atoms with E-state index in [9.17, 15) is 4.79 Å². The van der Waals surface area contributed by atoms with Gasteiger partial charge in [-0.05, 0) is 30.5 Å². The highest BCUT2D eigenvalue weighted by atomic mass is 32.1. The molecule has 1 aromatic carbocycles. The van der Waals surface area contributed by atoms with Crippen molar-refractivity contribution in [1.82, 2.24) is 14.9 Å². The van der Waals surface area contributed by atoms with Crippen LogP contribution in [0.4, 0.5) is 0 Å². The van der Waals surface area contributed by atoms with Gasteiger partial charge in [0.25, 0.3) is 5.91 Å². The first-order valence-electron chi connectivity index (χ1n) is 6.48. The van der Waals surface area contributed by atoms with E-state index in [1.54, 1.807) is 0 Å². The Bertz CT molecular complexity index is 731. The second-order valence-corrected chi connectivity index (χ2v) is 5.35. The van der Waals surface area contributed by atoms with Crippen molar-refractivity contribution < 1.29 is 4.79 Å². The number of hydrogen-bond donors (Lipinski definition) is 1. The maximum atomic E-state index is 11.9. The second kappa shape index (κ2) is 5.46. The van der Waals surface area contributed by atoms with Gasteiger partial charge in [0.1, 0.15) is 5.82 Å². The average molecular weight is 285 g/mol. The molecule has 2 heterocycles. The van der Waals surface area contributed by atoms with Crippen molar-refractivity contribution in [3.8, 4) is 0 Å². The molecule has 1 amide bonds. The van der Waals surface area contributed by atoms with Gasteiger partial charge >= 0.3 is 0 Å². The largest absolute Gasteiger partial charge is 0.350 e. The fourth-order valence-electron chi connectivity index (χ4n) is 2.26. The third-order valence-electron chi connectivity index (χ3n) is 3.25. The first-order chi connectivity index (χ1) is 9.75. The van der Waals surface area contributed by atoms with E-state index in [0.717, 1.165) is 29.0 Å². The van der Waals surface area contributed by atoms with Crippen molar-refractivity contribution in [2.75, 3.05) is 6.54 Å². The number of rotatable bonds is 4. The van der Waals surface area contributed by atoms with E-state index in [2.05, 4.69) is 20.9 Å². The number of aryl methyl sites for hydroxylation is 1. The monoisotopic (exact) mass is 285 g/mol. The second-order valence-electron chi connectivity index (χ2n) is 4.57. The Morgan fingerprint density at radius 2 is 2.20 bits per heavy atom. The number of fused-ring (bicyclic) bond motifs is 1. The molecule has 3 rings (SSSR count). The first-order valence-corrected chi connectivity index (χ1v) is 7.42. The minimum Gasteiger partial charge on any atom is -0.350 e. The van der Waals surface area contributed by atoms with Crippen LogP contribution in [-0.2, 0) is 6.54 Å². The Hall–Kier alpha value is -2.14. The number of hydrogen-bond acceptors (Lipinski definition) is 3. The zero-order valence-corrected chi connectivity index (χ0v) is 12.0. The molecule has 0 unspecified atom stereocenters. The summed E-state index contributed by atoms with van der Waals surface area (Å²) in [5.41, 5.74) is 2.83. The number of para-hydroxylation sites is 2. The SMILES string of the molecule is Cc1nc2ccccc2n1CCNC(=O)c1ccsc1. The Labute approximate surface area is 121 Å². The minimum absolute atomic E-state index is 0.0201. The van der Waals surface area contributed by atoms with E-state index in [1.807, 2.05) is 41.9 Å². The lowest BCUT2D eigenvalue weighted by Gasteiger charge is -2.08. The molecular formula is C15H15N3OS. The van der Waals surface area contributed by atoms with E-state index in [-0.39, 0.29) is 5.91 Å². The molecule has 0 bridgehead atoms. The van der Waals surface area contributed by atoms with Gasteiger partial charge in [-0.15, -0.1) is 0 Å². The maximum Gasteiger partial charge on any atom is 0.252 e. The number of imidazole rings is 1. The molecule has 0 saturated heterocycles. The first kappa shape index (κ1) is 12.9. The lowest BCUT2D eigenvalue weighted by molar-refractivity contribution is 0.0953. The van der Waals surface area contributed by atoms with Crippen molar-refractivity contribution in [3.05, 3.63) is 52.5 Å². The quantitative estimate of drug-likeness (QED) is 0.801. The number of amides is 1. The number of carbonyl (C=O) groups is 1. The molecule has 0 fully saturated rings. The number of thiophene rings is 1. The fourth-order valence-corrected chi connectivity index (χ4v) is 2.89. The predicted molar refractivity (Wildman–Crippen MR) is 81.1 cm³/mol. The van der Waals surface area contributed by atoms with Crippen molar-refractivity contribution >= 4 is 28.3 Å². The summed E-state index contributed by atoms with van der Waals surface area (Å²) >= 11 is 1.53. The molecule has 1 N–H and O–H groups in total. The van der Waals surface area contributed by atoms with Crippen LogP contribution in [0.5, 0.6) is 0 Å². The van der Waals surface area contributed by atoms with E-state index < -0.39 is 0 Å². The van der Waals surface area contributed by atoms with Gasteiger partial charge in [0, 0.05) is 24.0 Å². The van der Waals surface area contributed by atoms with Gasteiger partial charge in [-0.1, -0.05) is 12.1 Å². The molecule has 0 saturated carbocycles. The van der Waals surface area contributed by atoms with Crippen LogP contribution >= 0.6 is 11.3 Å². The fraction of sp³-hybridized carbons (Fsp3) is 0.200. The topological polar surface area (TPSA) is 46.9 Å². The van der Waals surface area contributed by atoms with Crippen molar-refractivity contribution in [3.63, 3.8) is 0 Å². The number of nitrogens with zero attached hydrogens (tertiary/aromatic N) is 2. The van der Waals surface area contributed by atoms with Gasteiger partial charge in [0.15, 0.2) is 0 Å². The summed E-state index contributed by atoms with van der Waals surface area (Å²) in [6.45, 7) is 3.30. The van der Waals surface area contributed by atoms with Crippen molar-refractivity contribution in [1.29, 1.82) is 0 Å². The number of aromatic nitrogens is 2. The summed E-state index contributed by atoms with van der Waals surface area (Å²) in [4.78, 5) is 16.4. The maximum absolute atomic E-state index is 11.9. The zero-order valence-electron chi connectivity index (χ0n) is 11.2. The highest BCUT2D eigenvalue weighted by Gasteiger charge is 2.08. The molecule has 102 valence electrons. The van der Waals surface area contributed by atoms with E-state index >= 15 is 0 Å². The van der Waals surface area contributed by atoms with Crippen LogP contribution < -0.4 is 5.32 Å². The van der Waals surface area contributed by atoms with Gasteiger partial charge in [0.05, 0.1) is 11.0 Å². The molecule has 2 aromatic heterocycles. The molecule has 3 aromatic rings. The average Bonchev–Trinajstić information content (AvgIpc) is 3.07. The van der Waals surface area contributed by atoms with Gasteiger partial charge in [-0.3, -0.25) is 4.79 Å². The van der Waals surface area contributed by atoms with Crippen molar-refractivity contribution in [2.45, 2.75) is 13.5 Å². The Morgan fingerprint density at radius 3 is 3.00 bits per heavy atom. The third-order valence-corrected chi connectivity index (χ3v) is 3.93. The third kappa shape index (κ3) is 2.44. The summed E-state index contributed by atoms with van der Waals surface area (Å²) < 4.78 is 2.13. The Morgan fingerprint density at radius 1 is 1.35 bits per heavy atom. The summed E-state index contributed by atoms with van der Waals surface area (Å²) in [5.74, 6) is 0.948. The number of carbonyl (C=O) groups excluding carboxylic acids is 1. The van der Waals surface area contributed by atoms with Gasteiger partial charge in [0.2, 0.25) is 0 Å².